The molecule has 1 aromatic rings. The third-order valence-corrected chi connectivity index (χ3v) is 1.73. The molecule has 0 aliphatic heterocycles. The van der Waals surface area contributed by atoms with Gasteiger partial charge in [-0.15, -0.1) is 0 Å². The third kappa shape index (κ3) is 2.67. The molecule has 0 aliphatic rings. The second-order valence-corrected chi connectivity index (χ2v) is 2.67. The molecule has 5 heteroatoms. The Morgan fingerprint density at radius 1 is 1.25 bits per heavy atom. The predicted octanol–water partition coefficient (Wildman–Crippen LogP) is 2.25. The summed E-state index contributed by atoms with van der Waals surface area (Å²) in [6, 6.07) is 6.12. The highest BCUT2D eigenvalue weighted by Crippen LogP contribution is 2.18. The number of rotatable bonds is 3. The van der Waals surface area contributed by atoms with Crippen molar-refractivity contribution in [3.05, 3.63) is 24.3 Å². The van der Waals surface area contributed by atoms with E-state index in [0.29, 0.717) is 0 Å². The van der Waals surface area contributed by atoms with Gasteiger partial charge in [0.2, 0.25) is 0 Å². The molecule has 1 aromatic carbocycles. The summed E-state index contributed by atoms with van der Waals surface area (Å²) in [5, 5.41) is 5.23. The molecule has 2 N–H and O–H groups in total. The van der Waals surface area contributed by atoms with Gasteiger partial charge in [0.25, 0.3) is 0 Å². The van der Waals surface area contributed by atoms with E-state index in [9.17, 15) is 8.78 Å². The second kappa shape index (κ2) is 4.27. The number of hydrogen-bond acceptors (Lipinski definition) is 3. The lowest BCUT2D eigenvalue weighted by atomic mass is 10.3. The van der Waals surface area contributed by atoms with E-state index in [2.05, 4.69) is 4.74 Å². The van der Waals surface area contributed by atoms with Crippen LogP contribution in [0.5, 0.6) is 5.75 Å². The normalized spacial score (nSPS) is 10.3. The van der Waals surface area contributed by atoms with Gasteiger partial charge in [0, 0.05) is 4.90 Å². The van der Waals surface area contributed by atoms with E-state index < -0.39 is 6.61 Å². The molecule has 0 unspecified atom stereocenters. The van der Waals surface area contributed by atoms with E-state index in [1.165, 1.54) is 12.1 Å². The molecule has 0 radical (unpaired) electrons. The van der Waals surface area contributed by atoms with Crippen LogP contribution in [0.2, 0.25) is 0 Å². The van der Waals surface area contributed by atoms with Gasteiger partial charge in [0.05, 0.1) is 0 Å². The van der Waals surface area contributed by atoms with Gasteiger partial charge in [-0.1, -0.05) is 0 Å². The average Bonchev–Trinajstić information content (AvgIpc) is 2.05. The molecule has 0 saturated carbocycles. The van der Waals surface area contributed by atoms with Crippen LogP contribution < -0.4 is 9.88 Å². The van der Waals surface area contributed by atoms with Crippen LogP contribution in [0, 0.1) is 0 Å². The average molecular weight is 191 g/mol. The zero-order chi connectivity index (χ0) is 8.97. The van der Waals surface area contributed by atoms with E-state index in [0.717, 1.165) is 16.8 Å². The molecule has 12 heavy (non-hydrogen) atoms. The summed E-state index contributed by atoms with van der Waals surface area (Å²) in [7, 11) is 0. The van der Waals surface area contributed by atoms with E-state index >= 15 is 0 Å². The first kappa shape index (κ1) is 9.28. The Bertz CT molecular complexity index is 240. The molecule has 0 saturated heterocycles. The Labute approximate surface area is 72.8 Å². The lowest BCUT2D eigenvalue weighted by Gasteiger charge is -2.03. The highest BCUT2D eigenvalue weighted by Gasteiger charge is 2.02. The lowest BCUT2D eigenvalue weighted by Crippen LogP contribution is -2.01. The van der Waals surface area contributed by atoms with E-state index in [1.807, 2.05) is 0 Å². The van der Waals surface area contributed by atoms with Gasteiger partial charge in [-0.3, -0.25) is 5.14 Å². The molecular weight excluding hydrogens is 184 g/mol. The summed E-state index contributed by atoms with van der Waals surface area (Å²) in [5.74, 6) is 0.141. The van der Waals surface area contributed by atoms with Crippen LogP contribution in [0.1, 0.15) is 0 Å². The van der Waals surface area contributed by atoms with Crippen molar-refractivity contribution in [3.63, 3.8) is 0 Å². The van der Waals surface area contributed by atoms with Crippen LogP contribution >= 0.6 is 11.9 Å². The fourth-order valence-electron chi connectivity index (χ4n) is 0.700. The number of halogens is 2. The molecule has 66 valence electrons. The molecule has 0 atom stereocenters. The van der Waals surface area contributed by atoms with Gasteiger partial charge in [0.15, 0.2) is 0 Å². The Morgan fingerprint density at radius 3 is 2.25 bits per heavy atom. The molecule has 0 fully saturated rings. The predicted molar refractivity (Wildman–Crippen MR) is 43.1 cm³/mol. The Kier molecular flexibility index (Phi) is 3.31. The number of nitrogens with two attached hydrogens (primary N) is 1. The summed E-state index contributed by atoms with van der Waals surface area (Å²) in [6.45, 7) is -2.78. The molecular formula is C7H7F2NOS. The van der Waals surface area contributed by atoms with Crippen molar-refractivity contribution in [1.82, 2.24) is 0 Å². The molecule has 0 aromatic heterocycles. The van der Waals surface area contributed by atoms with Crippen LogP contribution in [-0.2, 0) is 0 Å². The molecule has 2 nitrogen and oxygen atoms in total. The minimum Gasteiger partial charge on any atom is -0.435 e. The van der Waals surface area contributed by atoms with Crippen molar-refractivity contribution in [2.45, 2.75) is 11.5 Å². The fourth-order valence-corrected chi connectivity index (χ4v) is 0.993. The van der Waals surface area contributed by atoms with E-state index in [1.54, 1.807) is 12.1 Å². The Balaban J connectivity index is 2.65. The molecule has 1 rings (SSSR count). The SMILES string of the molecule is NSc1ccc(OC(F)F)cc1. The van der Waals surface area contributed by atoms with Gasteiger partial charge < -0.3 is 4.74 Å². The first-order valence-corrected chi connectivity index (χ1v) is 4.02. The van der Waals surface area contributed by atoms with Crippen molar-refractivity contribution in [1.29, 1.82) is 0 Å². The third-order valence-electron chi connectivity index (χ3n) is 1.18. The first-order chi connectivity index (χ1) is 5.72. The molecule has 0 amide bonds. The van der Waals surface area contributed by atoms with Crippen LogP contribution in [0.25, 0.3) is 0 Å². The zero-order valence-corrected chi connectivity index (χ0v) is 6.85. The van der Waals surface area contributed by atoms with Gasteiger partial charge >= 0.3 is 6.61 Å². The smallest absolute Gasteiger partial charge is 0.387 e. The van der Waals surface area contributed by atoms with Gasteiger partial charge in [-0.2, -0.15) is 8.78 Å². The molecule has 0 heterocycles. The summed E-state index contributed by atoms with van der Waals surface area (Å²) >= 11 is 1.05. The quantitative estimate of drug-likeness (QED) is 0.744. The van der Waals surface area contributed by atoms with Crippen molar-refractivity contribution in [3.8, 4) is 5.75 Å². The number of hydrogen-bond donors (Lipinski definition) is 1. The van der Waals surface area contributed by atoms with Gasteiger partial charge in [0.1, 0.15) is 5.75 Å². The maximum atomic E-state index is 11.7. The van der Waals surface area contributed by atoms with Crippen molar-refractivity contribution in [2.75, 3.05) is 0 Å². The lowest BCUT2D eigenvalue weighted by molar-refractivity contribution is -0.0498. The van der Waals surface area contributed by atoms with Crippen LogP contribution in [0.3, 0.4) is 0 Å². The van der Waals surface area contributed by atoms with Gasteiger partial charge in [-0.05, 0) is 36.2 Å². The maximum Gasteiger partial charge on any atom is 0.387 e. The summed E-state index contributed by atoms with van der Waals surface area (Å²) in [5.41, 5.74) is 0. The summed E-state index contributed by atoms with van der Waals surface area (Å²) < 4.78 is 27.4. The second-order valence-electron chi connectivity index (χ2n) is 1.97. The summed E-state index contributed by atoms with van der Waals surface area (Å²) in [6.07, 6.45) is 0. The molecule has 0 aliphatic carbocycles. The largest absolute Gasteiger partial charge is 0.435 e. The number of alkyl halides is 2. The van der Waals surface area contributed by atoms with Crippen molar-refractivity contribution in [2.24, 2.45) is 5.14 Å². The number of benzene rings is 1. The van der Waals surface area contributed by atoms with E-state index in [-0.39, 0.29) is 5.75 Å². The zero-order valence-electron chi connectivity index (χ0n) is 6.04. The minimum absolute atomic E-state index is 0.141. The van der Waals surface area contributed by atoms with E-state index in [4.69, 9.17) is 5.14 Å². The van der Waals surface area contributed by atoms with Gasteiger partial charge in [-0.25, -0.2) is 0 Å². The maximum absolute atomic E-state index is 11.7. The molecule has 0 bridgehead atoms. The van der Waals surface area contributed by atoms with Crippen LogP contribution in [0.15, 0.2) is 29.2 Å². The summed E-state index contributed by atoms with van der Waals surface area (Å²) in [4.78, 5) is 0.802. The van der Waals surface area contributed by atoms with Crippen molar-refractivity contribution >= 4 is 11.9 Å². The monoisotopic (exact) mass is 191 g/mol. The van der Waals surface area contributed by atoms with Crippen LogP contribution in [0.4, 0.5) is 8.78 Å². The highest BCUT2D eigenvalue weighted by atomic mass is 32.2. The standard InChI is InChI=1S/C7H7F2NOS/c8-7(9)11-5-1-3-6(12-10)4-2-5/h1-4,7H,10H2. The first-order valence-electron chi connectivity index (χ1n) is 3.14. The molecule has 0 spiro atoms. The number of ether oxygens (including phenoxy) is 1. The Hall–Kier alpha value is -0.810. The topological polar surface area (TPSA) is 35.2 Å². The minimum atomic E-state index is -2.78. The Morgan fingerprint density at radius 2 is 1.83 bits per heavy atom. The van der Waals surface area contributed by atoms with Crippen molar-refractivity contribution < 1.29 is 13.5 Å². The van der Waals surface area contributed by atoms with Crippen LogP contribution in [-0.4, -0.2) is 6.61 Å². The fraction of sp³-hybridized carbons (Fsp3) is 0.143. The highest BCUT2D eigenvalue weighted by molar-refractivity contribution is 7.97.